The minimum absolute atomic E-state index is 0.0251. The first kappa shape index (κ1) is 18.1. The number of fused-ring (bicyclic) bond motifs is 1. The summed E-state index contributed by atoms with van der Waals surface area (Å²) >= 11 is 1.20. The van der Waals surface area contributed by atoms with Crippen molar-refractivity contribution < 1.29 is 13.6 Å². The van der Waals surface area contributed by atoms with Gasteiger partial charge in [-0.25, -0.2) is 13.8 Å². The molecule has 0 spiro atoms. The van der Waals surface area contributed by atoms with Gasteiger partial charge in [-0.15, -0.1) is 11.8 Å². The lowest BCUT2D eigenvalue weighted by Crippen LogP contribution is -2.17. The van der Waals surface area contributed by atoms with E-state index in [0.717, 1.165) is 17.7 Å². The molecule has 5 nitrogen and oxygen atoms in total. The third kappa shape index (κ3) is 4.08. The minimum atomic E-state index is -0.831. The number of nitrogens with one attached hydrogen (secondary N) is 1. The molecule has 0 unspecified atom stereocenters. The molecule has 0 saturated heterocycles. The zero-order valence-corrected chi connectivity index (χ0v) is 14.6. The van der Waals surface area contributed by atoms with Crippen molar-refractivity contribution in [2.45, 2.75) is 12.7 Å². The number of anilines is 1. The number of pyridine rings is 1. The van der Waals surface area contributed by atoms with Crippen molar-refractivity contribution in [1.29, 1.82) is 0 Å². The highest BCUT2D eigenvalue weighted by Gasteiger charge is 2.12. The summed E-state index contributed by atoms with van der Waals surface area (Å²) in [5.41, 5.74) is 1.34. The Hall–Kier alpha value is -2.74. The fourth-order valence-corrected chi connectivity index (χ4v) is 3.09. The van der Waals surface area contributed by atoms with Gasteiger partial charge in [-0.2, -0.15) is 0 Å². The molecule has 0 aliphatic rings. The van der Waals surface area contributed by atoms with Gasteiger partial charge in [0.25, 0.3) is 5.56 Å². The number of benzene rings is 1. The van der Waals surface area contributed by atoms with Crippen molar-refractivity contribution in [3.63, 3.8) is 0 Å². The summed E-state index contributed by atoms with van der Waals surface area (Å²) in [5.74, 6) is -1.90. The van der Waals surface area contributed by atoms with E-state index >= 15 is 0 Å². The van der Waals surface area contributed by atoms with Crippen molar-refractivity contribution >= 4 is 29.0 Å². The highest BCUT2D eigenvalue weighted by molar-refractivity contribution is 7.99. The number of nitrogens with zero attached hydrogens (tertiary/aromatic N) is 2. The topological polar surface area (TPSA) is 63.5 Å². The van der Waals surface area contributed by atoms with Crippen LogP contribution in [0.4, 0.5) is 14.5 Å². The monoisotopic (exact) mass is 375 g/mol. The van der Waals surface area contributed by atoms with Gasteiger partial charge in [0.05, 0.1) is 11.4 Å². The van der Waals surface area contributed by atoms with Gasteiger partial charge in [0.2, 0.25) is 5.91 Å². The average Bonchev–Trinajstić information content (AvgIpc) is 2.59. The maximum atomic E-state index is 13.5. The molecule has 0 atom stereocenters. The molecule has 134 valence electrons. The molecular formula is C18H15F2N3O2S. The number of hydrogen-bond donors (Lipinski definition) is 1. The lowest BCUT2D eigenvalue weighted by Gasteiger charge is -2.08. The number of hydrogen-bond acceptors (Lipinski definition) is 4. The Morgan fingerprint density at radius 3 is 2.69 bits per heavy atom. The summed E-state index contributed by atoms with van der Waals surface area (Å²) in [4.78, 5) is 28.4. The van der Waals surface area contributed by atoms with Crippen molar-refractivity contribution in [3.8, 4) is 0 Å². The molecule has 0 radical (unpaired) electrons. The molecule has 0 saturated carbocycles. The van der Waals surface area contributed by atoms with E-state index in [1.54, 1.807) is 12.3 Å². The van der Waals surface area contributed by atoms with Gasteiger partial charge in [0.1, 0.15) is 23.0 Å². The number of rotatable bonds is 5. The van der Waals surface area contributed by atoms with Crippen LogP contribution in [0.1, 0.15) is 11.3 Å². The molecule has 1 N–H and O–H groups in total. The van der Waals surface area contributed by atoms with Crippen LogP contribution in [0.5, 0.6) is 0 Å². The number of aromatic nitrogens is 2. The van der Waals surface area contributed by atoms with E-state index in [1.807, 2.05) is 13.0 Å². The second kappa shape index (κ2) is 7.65. The first-order chi connectivity index (χ1) is 12.4. The predicted octanol–water partition coefficient (Wildman–Crippen LogP) is 3.15. The number of halogens is 2. The maximum Gasteiger partial charge on any atom is 0.258 e. The molecule has 0 aliphatic heterocycles. The number of thioether (sulfide) groups is 1. The Bertz CT molecular complexity index is 1020. The first-order valence-electron chi connectivity index (χ1n) is 7.74. The van der Waals surface area contributed by atoms with Gasteiger partial charge in [0.15, 0.2) is 0 Å². The SMILES string of the molecule is Cc1ccc2nc(CSCC(=O)Nc3c(F)cccc3F)cc(=O)n2c1. The number of carbonyl (C=O) groups is 1. The molecule has 2 heterocycles. The van der Waals surface area contributed by atoms with Crippen molar-refractivity contribution in [2.75, 3.05) is 11.1 Å². The molecule has 1 amide bonds. The van der Waals surface area contributed by atoms with Crippen molar-refractivity contribution in [1.82, 2.24) is 9.38 Å². The van der Waals surface area contributed by atoms with E-state index in [1.165, 1.54) is 28.3 Å². The third-order valence-electron chi connectivity index (χ3n) is 3.57. The lowest BCUT2D eigenvalue weighted by molar-refractivity contribution is -0.113. The normalized spacial score (nSPS) is 10.9. The Morgan fingerprint density at radius 1 is 1.23 bits per heavy atom. The molecule has 3 aromatic rings. The molecule has 2 aromatic heterocycles. The summed E-state index contributed by atoms with van der Waals surface area (Å²) in [7, 11) is 0. The highest BCUT2D eigenvalue weighted by Crippen LogP contribution is 2.19. The Labute approximate surface area is 152 Å². The van der Waals surface area contributed by atoms with Crippen molar-refractivity contribution in [3.05, 3.63) is 75.8 Å². The maximum absolute atomic E-state index is 13.5. The molecule has 8 heteroatoms. The first-order valence-corrected chi connectivity index (χ1v) is 8.90. The molecule has 0 fully saturated rings. The van der Waals surface area contributed by atoms with Crippen LogP contribution in [0.15, 0.2) is 47.4 Å². The Morgan fingerprint density at radius 2 is 1.96 bits per heavy atom. The predicted molar refractivity (Wildman–Crippen MR) is 97.3 cm³/mol. The fourth-order valence-electron chi connectivity index (χ4n) is 2.37. The van der Waals surface area contributed by atoms with Crippen LogP contribution in [-0.4, -0.2) is 21.0 Å². The van der Waals surface area contributed by atoms with E-state index in [0.29, 0.717) is 17.1 Å². The molecule has 0 aliphatic carbocycles. The second-order valence-corrected chi connectivity index (χ2v) is 6.64. The number of para-hydroxylation sites is 1. The van der Waals surface area contributed by atoms with Gasteiger partial charge >= 0.3 is 0 Å². The Kier molecular flexibility index (Phi) is 5.32. The second-order valence-electron chi connectivity index (χ2n) is 5.66. The molecule has 26 heavy (non-hydrogen) atoms. The third-order valence-corrected chi connectivity index (χ3v) is 4.54. The fraction of sp³-hybridized carbons (Fsp3) is 0.167. The summed E-state index contributed by atoms with van der Waals surface area (Å²) in [5, 5.41) is 2.22. The number of amides is 1. The van der Waals surface area contributed by atoms with E-state index in [-0.39, 0.29) is 11.3 Å². The van der Waals surface area contributed by atoms with E-state index in [9.17, 15) is 18.4 Å². The number of carbonyl (C=O) groups excluding carboxylic acids is 1. The summed E-state index contributed by atoms with van der Waals surface area (Å²) in [6.07, 6.45) is 1.71. The van der Waals surface area contributed by atoms with Gasteiger partial charge in [-0.1, -0.05) is 12.1 Å². The van der Waals surface area contributed by atoms with E-state index < -0.39 is 23.2 Å². The Balaban J connectivity index is 1.63. The van der Waals surface area contributed by atoms with Crippen LogP contribution in [-0.2, 0) is 10.5 Å². The van der Waals surface area contributed by atoms with Crippen LogP contribution in [0, 0.1) is 18.6 Å². The zero-order chi connectivity index (χ0) is 18.7. The summed E-state index contributed by atoms with van der Waals surface area (Å²) < 4.78 is 28.5. The summed E-state index contributed by atoms with van der Waals surface area (Å²) in [6, 6.07) is 8.38. The largest absolute Gasteiger partial charge is 0.320 e. The van der Waals surface area contributed by atoms with Gasteiger partial charge in [-0.3, -0.25) is 14.0 Å². The van der Waals surface area contributed by atoms with Crippen LogP contribution in [0.25, 0.3) is 5.65 Å². The van der Waals surface area contributed by atoms with E-state index in [2.05, 4.69) is 10.3 Å². The van der Waals surface area contributed by atoms with Crippen LogP contribution < -0.4 is 10.9 Å². The van der Waals surface area contributed by atoms with Crippen LogP contribution in [0.2, 0.25) is 0 Å². The van der Waals surface area contributed by atoms with Gasteiger partial charge < -0.3 is 5.32 Å². The van der Waals surface area contributed by atoms with Crippen LogP contribution in [0.3, 0.4) is 0 Å². The molecular weight excluding hydrogens is 360 g/mol. The average molecular weight is 375 g/mol. The number of aryl methyl sites for hydroxylation is 1. The summed E-state index contributed by atoms with van der Waals surface area (Å²) in [6.45, 7) is 1.88. The molecule has 3 rings (SSSR count). The lowest BCUT2D eigenvalue weighted by atomic mass is 10.3. The van der Waals surface area contributed by atoms with E-state index in [4.69, 9.17) is 0 Å². The smallest absolute Gasteiger partial charge is 0.258 e. The van der Waals surface area contributed by atoms with Gasteiger partial charge in [-0.05, 0) is 30.7 Å². The minimum Gasteiger partial charge on any atom is -0.320 e. The standard InChI is InChI=1S/C18H15F2N3O2S/c1-11-5-6-15-21-12(7-17(25)23(15)8-11)9-26-10-16(24)22-18-13(19)3-2-4-14(18)20/h2-8H,9-10H2,1H3,(H,22,24). The molecule has 0 bridgehead atoms. The quantitative estimate of drug-likeness (QED) is 0.744. The zero-order valence-electron chi connectivity index (χ0n) is 13.8. The van der Waals surface area contributed by atoms with Gasteiger partial charge in [0, 0.05) is 18.0 Å². The highest BCUT2D eigenvalue weighted by atomic mass is 32.2. The molecule has 1 aromatic carbocycles. The van der Waals surface area contributed by atoms with Crippen LogP contribution >= 0.6 is 11.8 Å². The van der Waals surface area contributed by atoms with Crippen molar-refractivity contribution in [2.24, 2.45) is 0 Å².